The smallest absolute Gasteiger partial charge is 0.125 e. The zero-order valence-electron chi connectivity index (χ0n) is 28.5. The van der Waals surface area contributed by atoms with Gasteiger partial charge in [-0.05, 0) is 113 Å². The zero-order chi connectivity index (χ0) is 35.2. The highest BCUT2D eigenvalue weighted by molar-refractivity contribution is 6.11. The molecule has 252 valence electrons. The largest absolute Gasteiger partial charge is 0.378 e. The number of hydrogen-bond donors (Lipinski definition) is 1. The fraction of sp³-hybridized carbons (Fsp3) is 0.0417. The highest BCUT2D eigenvalue weighted by Gasteiger charge is 2.32. The topological polar surface area (TPSA) is 21.9 Å². The standard InChI is InChI=1S/C48H31F2N3/c49-33-7-5-9-35(27-33)52-45-13-3-1-11-37(45)41-25-31(17-21-47(41)52)29-15-19-43-39(23-29)40-24-30(16-20-44(40)51-43)32-18-22-48-42(26-32)38-12-2-4-14-46(38)53(48)36-10-6-8-34(50)28-36/h1-28,39,43,51H. The fourth-order valence-corrected chi connectivity index (χ4v) is 8.71. The van der Waals surface area contributed by atoms with Crippen LogP contribution in [0.5, 0.6) is 0 Å². The van der Waals surface area contributed by atoms with Gasteiger partial charge in [-0.25, -0.2) is 8.78 Å². The average Bonchev–Trinajstić information content (AvgIpc) is 3.84. The molecule has 0 fully saturated rings. The van der Waals surface area contributed by atoms with E-state index >= 15 is 0 Å². The first-order valence-corrected chi connectivity index (χ1v) is 18.0. The first kappa shape index (κ1) is 30.0. The van der Waals surface area contributed by atoms with Crippen LogP contribution >= 0.6 is 0 Å². The summed E-state index contributed by atoms with van der Waals surface area (Å²) in [6, 6.07) is 50.4. The van der Waals surface area contributed by atoms with Gasteiger partial charge in [-0.2, -0.15) is 0 Å². The van der Waals surface area contributed by atoms with Crippen LogP contribution in [0.15, 0.2) is 170 Å². The SMILES string of the molecule is Fc1cccc(-n2c3ccccc3c3cc(C4=CC5c6cc(-c7ccc8c(c7)c7ccccc7n8-c7cccc(F)c7)ccc6NC5C=C4)ccc32)c1. The third-order valence-corrected chi connectivity index (χ3v) is 11.1. The highest BCUT2D eigenvalue weighted by atomic mass is 19.1. The van der Waals surface area contributed by atoms with Crippen molar-refractivity contribution in [2.24, 2.45) is 0 Å². The van der Waals surface area contributed by atoms with Crippen LogP contribution < -0.4 is 5.32 Å². The van der Waals surface area contributed by atoms with Crippen LogP contribution in [-0.2, 0) is 0 Å². The Morgan fingerprint density at radius 1 is 0.472 bits per heavy atom. The molecular weight excluding hydrogens is 657 g/mol. The van der Waals surface area contributed by atoms with Crippen molar-refractivity contribution in [2.45, 2.75) is 12.0 Å². The highest BCUT2D eigenvalue weighted by Crippen LogP contribution is 2.45. The summed E-state index contributed by atoms with van der Waals surface area (Å²) in [6.45, 7) is 0. The van der Waals surface area contributed by atoms with Crippen molar-refractivity contribution in [3.05, 3.63) is 193 Å². The number of fused-ring (bicyclic) bond motifs is 9. The van der Waals surface area contributed by atoms with Crippen molar-refractivity contribution < 1.29 is 8.78 Å². The van der Waals surface area contributed by atoms with Crippen molar-refractivity contribution >= 4 is 54.9 Å². The number of rotatable bonds is 4. The number of nitrogens with one attached hydrogen (secondary N) is 1. The van der Waals surface area contributed by atoms with E-state index in [-0.39, 0.29) is 23.6 Å². The Morgan fingerprint density at radius 2 is 1.02 bits per heavy atom. The van der Waals surface area contributed by atoms with Crippen LogP contribution in [-0.4, -0.2) is 15.2 Å². The van der Waals surface area contributed by atoms with Gasteiger partial charge >= 0.3 is 0 Å². The number of para-hydroxylation sites is 2. The van der Waals surface area contributed by atoms with E-state index < -0.39 is 0 Å². The summed E-state index contributed by atoms with van der Waals surface area (Å²) in [6.07, 6.45) is 6.92. The van der Waals surface area contributed by atoms with Crippen molar-refractivity contribution in [3.8, 4) is 22.5 Å². The minimum Gasteiger partial charge on any atom is -0.378 e. The van der Waals surface area contributed by atoms with Crippen LogP contribution in [0.1, 0.15) is 17.0 Å². The van der Waals surface area contributed by atoms with Gasteiger partial charge in [0.25, 0.3) is 0 Å². The second kappa shape index (κ2) is 11.4. The van der Waals surface area contributed by atoms with Gasteiger partial charge in [-0.15, -0.1) is 0 Å². The lowest BCUT2D eigenvalue weighted by Crippen LogP contribution is -2.18. The van der Waals surface area contributed by atoms with Gasteiger partial charge in [0.15, 0.2) is 0 Å². The monoisotopic (exact) mass is 687 g/mol. The molecule has 53 heavy (non-hydrogen) atoms. The molecule has 1 aliphatic carbocycles. The average molecular weight is 688 g/mol. The van der Waals surface area contributed by atoms with Gasteiger partial charge < -0.3 is 14.5 Å². The van der Waals surface area contributed by atoms with E-state index in [1.54, 1.807) is 24.3 Å². The minimum atomic E-state index is -0.251. The maximum absolute atomic E-state index is 14.3. The number of hydrogen-bond acceptors (Lipinski definition) is 1. The van der Waals surface area contributed by atoms with Crippen molar-refractivity contribution in [1.82, 2.24) is 9.13 Å². The molecule has 3 heterocycles. The zero-order valence-corrected chi connectivity index (χ0v) is 28.5. The van der Waals surface area contributed by atoms with Crippen molar-refractivity contribution in [3.63, 3.8) is 0 Å². The van der Waals surface area contributed by atoms with Gasteiger partial charge in [0, 0.05) is 44.5 Å². The van der Waals surface area contributed by atoms with Gasteiger partial charge in [-0.1, -0.05) is 85.0 Å². The number of anilines is 1. The van der Waals surface area contributed by atoms with Crippen LogP contribution in [0.2, 0.25) is 0 Å². The summed E-state index contributed by atoms with van der Waals surface area (Å²) in [5.41, 5.74) is 12.9. The third-order valence-electron chi connectivity index (χ3n) is 11.1. The number of nitrogens with zero attached hydrogens (tertiary/aromatic N) is 2. The van der Waals surface area contributed by atoms with E-state index in [1.807, 2.05) is 24.3 Å². The Balaban J connectivity index is 0.988. The molecule has 11 rings (SSSR count). The molecule has 2 aromatic heterocycles. The summed E-state index contributed by atoms with van der Waals surface area (Å²) in [7, 11) is 0. The summed E-state index contributed by atoms with van der Waals surface area (Å²) >= 11 is 0. The first-order chi connectivity index (χ1) is 26.1. The molecule has 0 amide bonds. The first-order valence-electron chi connectivity index (χ1n) is 18.0. The molecule has 3 nitrogen and oxygen atoms in total. The Hall–Kier alpha value is -6.72. The molecule has 0 spiro atoms. The molecular formula is C48H31F2N3. The Morgan fingerprint density at radius 3 is 1.66 bits per heavy atom. The maximum atomic E-state index is 14.3. The molecule has 2 aliphatic rings. The summed E-state index contributed by atoms with van der Waals surface area (Å²) < 4.78 is 33.0. The maximum Gasteiger partial charge on any atom is 0.125 e. The lowest BCUT2D eigenvalue weighted by Gasteiger charge is -2.20. The number of allylic oxidation sites excluding steroid dienone is 2. The van der Waals surface area contributed by atoms with E-state index in [2.05, 4.69) is 124 Å². The van der Waals surface area contributed by atoms with Gasteiger partial charge in [0.1, 0.15) is 11.6 Å². The molecule has 1 N–H and O–H groups in total. The Labute approximate surface area is 304 Å². The van der Waals surface area contributed by atoms with Crippen LogP contribution in [0.4, 0.5) is 14.5 Å². The van der Waals surface area contributed by atoms with Crippen molar-refractivity contribution in [1.29, 1.82) is 0 Å². The van der Waals surface area contributed by atoms with Crippen LogP contribution in [0, 0.1) is 11.6 Å². The summed E-state index contributed by atoms with van der Waals surface area (Å²) in [5.74, 6) is -0.327. The van der Waals surface area contributed by atoms with Gasteiger partial charge in [0.2, 0.25) is 0 Å². The fourth-order valence-electron chi connectivity index (χ4n) is 8.71. The predicted octanol–water partition coefficient (Wildman–Crippen LogP) is 12.4. The van der Waals surface area contributed by atoms with Gasteiger partial charge in [0.05, 0.1) is 28.1 Å². The molecule has 2 unspecified atom stereocenters. The number of halogens is 2. The van der Waals surface area contributed by atoms with E-state index in [4.69, 9.17) is 0 Å². The predicted molar refractivity (Wildman–Crippen MR) is 214 cm³/mol. The molecule has 9 aromatic rings. The summed E-state index contributed by atoms with van der Waals surface area (Å²) in [4.78, 5) is 0. The molecule has 2 atom stereocenters. The van der Waals surface area contributed by atoms with E-state index in [1.165, 1.54) is 23.3 Å². The molecule has 7 aromatic carbocycles. The quantitative estimate of drug-likeness (QED) is 0.195. The molecule has 5 heteroatoms. The van der Waals surface area contributed by atoms with Crippen LogP contribution in [0.25, 0.3) is 71.7 Å². The number of benzene rings is 7. The molecule has 0 radical (unpaired) electrons. The normalized spacial score (nSPS) is 16.3. The summed E-state index contributed by atoms with van der Waals surface area (Å²) in [5, 5.41) is 8.30. The third kappa shape index (κ3) is 4.63. The second-order valence-electron chi connectivity index (χ2n) is 14.1. The Bertz CT molecular complexity index is 3030. The molecule has 0 saturated carbocycles. The van der Waals surface area contributed by atoms with E-state index in [9.17, 15) is 8.78 Å². The van der Waals surface area contributed by atoms with Crippen molar-refractivity contribution in [2.75, 3.05) is 5.32 Å². The lowest BCUT2D eigenvalue weighted by atomic mass is 9.85. The molecule has 0 bridgehead atoms. The van der Waals surface area contributed by atoms with E-state index in [0.717, 1.165) is 77.4 Å². The minimum absolute atomic E-state index is 0.174. The second-order valence-corrected chi connectivity index (χ2v) is 14.1. The lowest BCUT2D eigenvalue weighted by molar-refractivity contribution is 0.626. The van der Waals surface area contributed by atoms with Gasteiger partial charge in [-0.3, -0.25) is 0 Å². The Kier molecular flexibility index (Phi) is 6.44. The van der Waals surface area contributed by atoms with Crippen LogP contribution in [0.3, 0.4) is 0 Å². The number of aromatic nitrogens is 2. The van der Waals surface area contributed by atoms with E-state index in [0.29, 0.717) is 0 Å². The molecule has 0 saturated heterocycles. The molecule has 1 aliphatic heterocycles.